The summed E-state index contributed by atoms with van der Waals surface area (Å²) in [7, 11) is 0. The molecule has 0 radical (unpaired) electrons. The van der Waals surface area contributed by atoms with Crippen LogP contribution in [-0.2, 0) is 0 Å². The molecule has 1 unspecified atom stereocenters. The monoisotopic (exact) mass is 351 g/mol. The molecular weight excluding hydrogens is 334 g/mol. The van der Waals surface area contributed by atoms with E-state index in [1.807, 2.05) is 88.8 Å². The molecule has 2 heterocycles. The average molecular weight is 351 g/mol. The maximum atomic E-state index is 13.3. The molecule has 2 aliphatic heterocycles. The number of carbonyl (C=O) groups excluding carboxylic acids is 1. The van der Waals surface area contributed by atoms with Crippen molar-refractivity contribution in [1.82, 2.24) is 0 Å². The summed E-state index contributed by atoms with van der Waals surface area (Å²) in [5.74, 6) is 0.357. The van der Waals surface area contributed by atoms with Crippen molar-refractivity contribution in [1.29, 1.82) is 0 Å². The van der Waals surface area contributed by atoms with Gasteiger partial charge in [-0.3, -0.25) is 9.69 Å². The number of amidine groups is 1. The van der Waals surface area contributed by atoms with Gasteiger partial charge in [-0.2, -0.15) is 0 Å². The molecule has 0 N–H and O–H groups in total. The fraction of sp³-hybridized carbons (Fsp3) is 0.0435. The molecule has 0 spiro atoms. The number of benzene rings is 3. The third-order valence-corrected chi connectivity index (χ3v) is 4.85. The number of hydrogen-bond acceptors (Lipinski definition) is 4. The van der Waals surface area contributed by atoms with Crippen LogP contribution in [0.1, 0.15) is 15.9 Å². The van der Waals surface area contributed by atoms with Crippen LogP contribution in [0.25, 0.3) is 6.08 Å². The highest BCUT2D eigenvalue weighted by molar-refractivity contribution is 6.50. The van der Waals surface area contributed by atoms with Crippen molar-refractivity contribution in [3.05, 3.63) is 102 Å². The molecular formula is C23H17N3O. The number of para-hydroxylation sites is 2. The predicted molar refractivity (Wildman–Crippen MR) is 109 cm³/mol. The van der Waals surface area contributed by atoms with Crippen molar-refractivity contribution in [3.8, 4) is 0 Å². The Hall–Kier alpha value is -3.66. The van der Waals surface area contributed by atoms with Gasteiger partial charge in [0.15, 0.2) is 0 Å². The number of fused-ring (bicyclic) bond motifs is 3. The quantitative estimate of drug-likeness (QED) is 0.649. The van der Waals surface area contributed by atoms with E-state index >= 15 is 0 Å². The van der Waals surface area contributed by atoms with E-state index in [9.17, 15) is 4.79 Å². The van der Waals surface area contributed by atoms with Crippen molar-refractivity contribution in [2.45, 2.75) is 6.17 Å². The first-order valence-electron chi connectivity index (χ1n) is 8.92. The van der Waals surface area contributed by atoms with Crippen molar-refractivity contribution in [3.63, 3.8) is 0 Å². The number of carbonyl (C=O) groups is 1. The SMILES string of the molecule is O=C(C1=NN(c2ccccc2)C2C=Cc3ccccc3N12)c1ccccc1. The highest BCUT2D eigenvalue weighted by atomic mass is 16.1. The van der Waals surface area contributed by atoms with E-state index in [-0.39, 0.29) is 11.9 Å². The summed E-state index contributed by atoms with van der Waals surface area (Å²) < 4.78 is 0. The van der Waals surface area contributed by atoms with Gasteiger partial charge in [0.2, 0.25) is 11.6 Å². The number of rotatable bonds is 3. The highest BCUT2D eigenvalue weighted by Gasteiger charge is 2.40. The highest BCUT2D eigenvalue weighted by Crippen LogP contribution is 2.36. The maximum Gasteiger partial charge on any atom is 0.230 e. The van der Waals surface area contributed by atoms with Gasteiger partial charge in [-0.05, 0) is 29.8 Å². The minimum Gasteiger partial charge on any atom is -0.295 e. The number of hydrazone groups is 1. The van der Waals surface area contributed by atoms with E-state index in [0.717, 1.165) is 16.9 Å². The third kappa shape index (κ3) is 2.54. The van der Waals surface area contributed by atoms with Gasteiger partial charge in [0.1, 0.15) is 6.17 Å². The second-order valence-corrected chi connectivity index (χ2v) is 6.50. The van der Waals surface area contributed by atoms with Gasteiger partial charge >= 0.3 is 0 Å². The smallest absolute Gasteiger partial charge is 0.230 e. The molecule has 0 aromatic heterocycles. The maximum absolute atomic E-state index is 13.3. The molecule has 3 aromatic carbocycles. The van der Waals surface area contributed by atoms with Gasteiger partial charge in [0, 0.05) is 5.56 Å². The van der Waals surface area contributed by atoms with Crippen LogP contribution in [0.15, 0.2) is 96.1 Å². The van der Waals surface area contributed by atoms with Gasteiger partial charge in [-0.1, -0.05) is 72.8 Å². The van der Waals surface area contributed by atoms with Crippen LogP contribution in [-0.4, -0.2) is 17.8 Å². The van der Waals surface area contributed by atoms with E-state index in [4.69, 9.17) is 5.10 Å². The zero-order chi connectivity index (χ0) is 18.2. The molecule has 0 saturated carbocycles. The molecule has 0 bridgehead atoms. The Bertz CT molecular complexity index is 1060. The lowest BCUT2D eigenvalue weighted by atomic mass is 10.0. The summed E-state index contributed by atoms with van der Waals surface area (Å²) in [6, 6.07) is 27.3. The van der Waals surface area contributed by atoms with Crippen LogP contribution in [0.4, 0.5) is 11.4 Å². The molecule has 0 fully saturated rings. The van der Waals surface area contributed by atoms with Crippen LogP contribution in [0, 0.1) is 0 Å². The summed E-state index contributed by atoms with van der Waals surface area (Å²) in [6.45, 7) is 0. The largest absolute Gasteiger partial charge is 0.295 e. The molecule has 4 heteroatoms. The molecule has 5 rings (SSSR count). The zero-order valence-electron chi connectivity index (χ0n) is 14.6. The number of hydrogen-bond donors (Lipinski definition) is 0. The number of Topliss-reactive ketones (excluding diaryl/α,β-unsaturated/α-hetero) is 1. The minimum absolute atomic E-state index is 0.0795. The molecule has 4 nitrogen and oxygen atoms in total. The van der Waals surface area contributed by atoms with Gasteiger partial charge in [0.25, 0.3) is 0 Å². The summed E-state index contributed by atoms with van der Waals surface area (Å²) in [5, 5.41) is 6.66. The predicted octanol–water partition coefficient (Wildman–Crippen LogP) is 4.56. The van der Waals surface area contributed by atoms with Gasteiger partial charge in [-0.25, -0.2) is 5.01 Å². The van der Waals surface area contributed by atoms with Gasteiger partial charge < -0.3 is 0 Å². The van der Waals surface area contributed by atoms with E-state index in [1.165, 1.54) is 0 Å². The molecule has 0 amide bonds. The van der Waals surface area contributed by atoms with Crippen molar-refractivity contribution >= 4 is 29.1 Å². The second kappa shape index (κ2) is 6.25. The first-order chi connectivity index (χ1) is 13.3. The standard InChI is InChI=1S/C23H17N3O/c27-22(18-10-3-1-4-11-18)23-24-26(19-12-5-2-6-13-19)21-16-15-17-9-7-8-14-20(17)25(21)23/h1-16,21H. The fourth-order valence-electron chi connectivity index (χ4n) is 3.57. The topological polar surface area (TPSA) is 35.9 Å². The summed E-state index contributed by atoms with van der Waals surface area (Å²) >= 11 is 0. The second-order valence-electron chi connectivity index (χ2n) is 6.50. The lowest BCUT2D eigenvalue weighted by molar-refractivity contribution is 0.106. The van der Waals surface area contributed by atoms with Crippen LogP contribution >= 0.6 is 0 Å². The Kier molecular flexibility index (Phi) is 3.61. The van der Waals surface area contributed by atoms with Crippen molar-refractivity contribution < 1.29 is 4.79 Å². The van der Waals surface area contributed by atoms with Crippen LogP contribution in [0.2, 0.25) is 0 Å². The lowest BCUT2D eigenvalue weighted by Crippen LogP contribution is -2.44. The Balaban J connectivity index is 1.65. The molecule has 2 aliphatic rings. The fourth-order valence-corrected chi connectivity index (χ4v) is 3.57. The van der Waals surface area contributed by atoms with Crippen molar-refractivity contribution in [2.24, 2.45) is 5.10 Å². The van der Waals surface area contributed by atoms with E-state index in [2.05, 4.69) is 18.2 Å². The van der Waals surface area contributed by atoms with E-state index < -0.39 is 0 Å². The molecule has 27 heavy (non-hydrogen) atoms. The zero-order valence-corrected chi connectivity index (χ0v) is 14.6. The Morgan fingerprint density at radius 1 is 0.815 bits per heavy atom. The van der Waals surface area contributed by atoms with Gasteiger partial charge in [0.05, 0.1) is 11.4 Å². The Labute approximate surface area is 157 Å². The molecule has 0 aliphatic carbocycles. The Morgan fingerprint density at radius 2 is 1.48 bits per heavy atom. The van der Waals surface area contributed by atoms with Crippen LogP contribution in [0.5, 0.6) is 0 Å². The van der Waals surface area contributed by atoms with Crippen LogP contribution in [0.3, 0.4) is 0 Å². The minimum atomic E-state index is -0.162. The third-order valence-electron chi connectivity index (χ3n) is 4.85. The number of ketones is 1. The number of anilines is 2. The summed E-state index contributed by atoms with van der Waals surface area (Å²) in [6.07, 6.45) is 4.02. The molecule has 1 atom stereocenters. The van der Waals surface area contributed by atoms with E-state index in [0.29, 0.717) is 11.4 Å². The Morgan fingerprint density at radius 3 is 2.26 bits per heavy atom. The van der Waals surface area contributed by atoms with Crippen molar-refractivity contribution in [2.75, 3.05) is 9.91 Å². The van der Waals surface area contributed by atoms with Crippen LogP contribution < -0.4 is 9.91 Å². The molecule has 130 valence electrons. The molecule has 3 aromatic rings. The van der Waals surface area contributed by atoms with E-state index in [1.54, 1.807) is 0 Å². The molecule has 0 saturated heterocycles. The first-order valence-corrected chi connectivity index (χ1v) is 8.92. The lowest BCUT2D eigenvalue weighted by Gasteiger charge is -2.33. The first kappa shape index (κ1) is 15.6. The summed E-state index contributed by atoms with van der Waals surface area (Å²) in [5.41, 5.74) is 3.66. The number of nitrogens with zero attached hydrogens (tertiary/aromatic N) is 3. The summed E-state index contributed by atoms with van der Waals surface area (Å²) in [4.78, 5) is 15.3. The normalized spacial score (nSPS) is 17.3. The average Bonchev–Trinajstić information content (AvgIpc) is 3.15. The van der Waals surface area contributed by atoms with Gasteiger partial charge in [-0.15, -0.1) is 5.10 Å².